The Bertz CT molecular complexity index is 567. The number of ether oxygens (including phenoxy) is 2. The largest absolute Gasteiger partial charge is 0.502 e. The van der Waals surface area contributed by atoms with E-state index in [1.807, 2.05) is 42.5 Å². The summed E-state index contributed by atoms with van der Waals surface area (Å²) in [6, 6.07) is 13.7. The minimum Gasteiger partial charge on any atom is -0.502 e. The number of rotatable bonds is 5. The molecule has 1 N–H and O–H groups in total. The van der Waals surface area contributed by atoms with Crippen LogP contribution in [-0.2, 0) is 6.61 Å². The number of methoxy groups -OCH3 is 1. The zero-order valence-electron chi connectivity index (χ0n) is 12.0. The van der Waals surface area contributed by atoms with Crippen LogP contribution in [0.2, 0.25) is 13.1 Å². The fourth-order valence-electron chi connectivity index (χ4n) is 1.87. The lowest BCUT2D eigenvalue weighted by molar-refractivity contribution is 0.281. The normalized spacial score (nSPS) is 10.6. The van der Waals surface area contributed by atoms with Crippen molar-refractivity contribution in [2.45, 2.75) is 19.7 Å². The third-order valence-corrected chi connectivity index (χ3v) is 4.52. The SMILES string of the molecule is COc1cc([Si](C)C)cc(OCc2ccccc2)c1O. The van der Waals surface area contributed by atoms with Crippen molar-refractivity contribution in [1.29, 1.82) is 0 Å². The van der Waals surface area contributed by atoms with Gasteiger partial charge >= 0.3 is 0 Å². The van der Waals surface area contributed by atoms with Crippen molar-refractivity contribution in [1.82, 2.24) is 0 Å². The van der Waals surface area contributed by atoms with E-state index in [9.17, 15) is 5.11 Å². The van der Waals surface area contributed by atoms with Crippen molar-refractivity contribution in [3.8, 4) is 17.2 Å². The van der Waals surface area contributed by atoms with Crippen LogP contribution >= 0.6 is 0 Å². The van der Waals surface area contributed by atoms with Crippen LogP contribution in [0.25, 0.3) is 0 Å². The maximum Gasteiger partial charge on any atom is 0.200 e. The van der Waals surface area contributed by atoms with Crippen LogP contribution in [0, 0.1) is 0 Å². The molecule has 3 nitrogen and oxygen atoms in total. The van der Waals surface area contributed by atoms with Gasteiger partial charge in [0.2, 0.25) is 5.75 Å². The molecule has 0 bridgehead atoms. The summed E-state index contributed by atoms with van der Waals surface area (Å²) in [5.41, 5.74) is 1.06. The average Bonchev–Trinajstić information content (AvgIpc) is 2.47. The highest BCUT2D eigenvalue weighted by Crippen LogP contribution is 2.35. The van der Waals surface area contributed by atoms with Crippen LogP contribution in [0.3, 0.4) is 0 Å². The molecule has 0 atom stereocenters. The number of phenols is 1. The Labute approximate surface area is 121 Å². The van der Waals surface area contributed by atoms with Gasteiger partial charge in [-0.25, -0.2) is 0 Å². The lowest BCUT2D eigenvalue weighted by atomic mass is 10.2. The van der Waals surface area contributed by atoms with Crippen LogP contribution < -0.4 is 14.7 Å². The van der Waals surface area contributed by atoms with Gasteiger partial charge < -0.3 is 14.6 Å². The van der Waals surface area contributed by atoms with Crippen molar-refractivity contribution in [3.63, 3.8) is 0 Å². The summed E-state index contributed by atoms with van der Waals surface area (Å²) in [5, 5.41) is 11.3. The second-order valence-electron chi connectivity index (χ2n) is 4.80. The van der Waals surface area contributed by atoms with Crippen molar-refractivity contribution < 1.29 is 14.6 Å². The smallest absolute Gasteiger partial charge is 0.200 e. The first-order chi connectivity index (χ1) is 9.61. The molecule has 0 heterocycles. The van der Waals surface area contributed by atoms with Gasteiger partial charge in [0.25, 0.3) is 0 Å². The first-order valence-electron chi connectivity index (χ1n) is 6.50. The molecule has 0 spiro atoms. The number of benzene rings is 2. The molecular formula is C16H19O3Si. The highest BCUT2D eigenvalue weighted by atomic mass is 28.3. The standard InChI is InChI=1S/C16H19O3Si/c1-18-14-9-13(20(2)3)10-15(16(14)17)19-11-12-7-5-4-6-8-12/h4-10,17H,11H2,1-3H3. The highest BCUT2D eigenvalue weighted by Gasteiger charge is 2.14. The molecule has 20 heavy (non-hydrogen) atoms. The van der Waals surface area contributed by atoms with Gasteiger partial charge in [-0.15, -0.1) is 0 Å². The Kier molecular flexibility index (Phi) is 4.68. The predicted molar refractivity (Wildman–Crippen MR) is 82.5 cm³/mol. The van der Waals surface area contributed by atoms with E-state index in [0.29, 0.717) is 18.1 Å². The molecule has 0 unspecified atom stereocenters. The first kappa shape index (κ1) is 14.5. The molecule has 0 saturated heterocycles. The van der Waals surface area contributed by atoms with Crippen LogP contribution in [0.4, 0.5) is 0 Å². The van der Waals surface area contributed by atoms with Gasteiger partial charge in [0.15, 0.2) is 11.5 Å². The Morgan fingerprint density at radius 2 is 1.70 bits per heavy atom. The molecule has 0 fully saturated rings. The number of hydrogen-bond donors (Lipinski definition) is 1. The summed E-state index contributed by atoms with van der Waals surface area (Å²) < 4.78 is 11.0. The molecule has 0 aliphatic rings. The van der Waals surface area contributed by atoms with E-state index in [1.165, 1.54) is 5.19 Å². The molecule has 0 aliphatic carbocycles. The molecule has 4 heteroatoms. The molecule has 0 aliphatic heterocycles. The molecule has 2 rings (SSSR count). The maximum absolute atomic E-state index is 10.1. The number of hydrogen-bond acceptors (Lipinski definition) is 3. The number of phenolic OH excluding ortho intramolecular Hbond substituents is 1. The zero-order valence-corrected chi connectivity index (χ0v) is 13.0. The molecular weight excluding hydrogens is 268 g/mol. The first-order valence-corrected chi connectivity index (χ1v) is 9.00. The van der Waals surface area contributed by atoms with Crippen molar-refractivity contribution in [2.24, 2.45) is 0 Å². The van der Waals surface area contributed by atoms with Gasteiger partial charge in [-0.05, 0) is 17.7 Å². The summed E-state index contributed by atoms with van der Waals surface area (Å²) in [6.07, 6.45) is 0. The zero-order chi connectivity index (χ0) is 14.5. The summed E-state index contributed by atoms with van der Waals surface area (Å²) in [6.45, 7) is 4.81. The lowest BCUT2D eigenvalue weighted by Crippen LogP contribution is -2.22. The molecule has 2 aromatic rings. The van der Waals surface area contributed by atoms with E-state index in [0.717, 1.165) is 5.56 Å². The summed E-state index contributed by atoms with van der Waals surface area (Å²) in [4.78, 5) is 0. The molecule has 0 amide bonds. The molecule has 105 valence electrons. The van der Waals surface area contributed by atoms with Gasteiger partial charge in [0, 0.05) is 0 Å². The van der Waals surface area contributed by atoms with Crippen LogP contribution in [0.15, 0.2) is 42.5 Å². The van der Waals surface area contributed by atoms with Crippen LogP contribution in [-0.4, -0.2) is 21.0 Å². The van der Waals surface area contributed by atoms with E-state index in [1.54, 1.807) is 7.11 Å². The van der Waals surface area contributed by atoms with Gasteiger partial charge in [0.05, 0.1) is 15.9 Å². The van der Waals surface area contributed by atoms with Gasteiger partial charge in [-0.1, -0.05) is 48.6 Å². The Morgan fingerprint density at radius 1 is 1.05 bits per heavy atom. The summed E-state index contributed by atoms with van der Waals surface area (Å²) in [7, 11) is 0.917. The lowest BCUT2D eigenvalue weighted by Gasteiger charge is -2.14. The minimum atomic E-state index is -0.636. The molecule has 0 aromatic heterocycles. The van der Waals surface area contributed by atoms with Crippen molar-refractivity contribution in [3.05, 3.63) is 48.0 Å². The Morgan fingerprint density at radius 3 is 2.30 bits per heavy atom. The number of aromatic hydroxyl groups is 1. The molecule has 2 aromatic carbocycles. The molecule has 1 radical (unpaired) electrons. The van der Waals surface area contributed by atoms with E-state index >= 15 is 0 Å². The quantitative estimate of drug-likeness (QED) is 0.859. The predicted octanol–water partition coefficient (Wildman–Crippen LogP) is 2.94. The van der Waals surface area contributed by atoms with E-state index in [-0.39, 0.29) is 5.75 Å². The van der Waals surface area contributed by atoms with Gasteiger partial charge in [-0.2, -0.15) is 0 Å². The van der Waals surface area contributed by atoms with Crippen LogP contribution in [0.5, 0.6) is 17.2 Å². The minimum absolute atomic E-state index is 0.0652. The Hall–Kier alpha value is -1.94. The fourth-order valence-corrected chi connectivity index (χ4v) is 2.71. The second kappa shape index (κ2) is 6.48. The summed E-state index contributed by atoms with van der Waals surface area (Å²) in [5.74, 6) is 1.02. The van der Waals surface area contributed by atoms with E-state index in [4.69, 9.17) is 9.47 Å². The van der Waals surface area contributed by atoms with E-state index in [2.05, 4.69) is 13.1 Å². The molecule has 0 saturated carbocycles. The maximum atomic E-state index is 10.1. The third kappa shape index (κ3) is 3.33. The highest BCUT2D eigenvalue weighted by molar-refractivity contribution is 6.70. The fraction of sp³-hybridized carbons (Fsp3) is 0.250. The third-order valence-electron chi connectivity index (χ3n) is 3.07. The monoisotopic (exact) mass is 287 g/mol. The van der Waals surface area contributed by atoms with Gasteiger partial charge in [0.1, 0.15) is 6.61 Å². The van der Waals surface area contributed by atoms with Crippen molar-refractivity contribution >= 4 is 14.0 Å². The second-order valence-corrected chi connectivity index (χ2v) is 7.38. The Balaban J connectivity index is 2.24. The average molecular weight is 287 g/mol. The topological polar surface area (TPSA) is 38.7 Å². The van der Waals surface area contributed by atoms with Gasteiger partial charge in [-0.3, -0.25) is 0 Å². The summed E-state index contributed by atoms with van der Waals surface area (Å²) >= 11 is 0. The van der Waals surface area contributed by atoms with Crippen molar-refractivity contribution in [2.75, 3.05) is 7.11 Å². The van der Waals surface area contributed by atoms with Crippen LogP contribution in [0.1, 0.15) is 5.56 Å². The van der Waals surface area contributed by atoms with E-state index < -0.39 is 8.80 Å².